The van der Waals surface area contributed by atoms with Crippen molar-refractivity contribution in [3.8, 4) is 0 Å². The number of benzene rings is 1. The lowest BCUT2D eigenvalue weighted by Crippen LogP contribution is -2.30. The van der Waals surface area contributed by atoms with Gasteiger partial charge in [-0.2, -0.15) is 0 Å². The fraction of sp³-hybridized carbons (Fsp3) is 0.462. The van der Waals surface area contributed by atoms with Crippen molar-refractivity contribution in [3.05, 3.63) is 35.1 Å². The van der Waals surface area contributed by atoms with Gasteiger partial charge in [0.15, 0.2) is 5.84 Å². The largest absolute Gasteiger partial charge is 0.409 e. The van der Waals surface area contributed by atoms with Crippen LogP contribution in [-0.4, -0.2) is 17.1 Å². The number of oxime groups is 1. The molecule has 0 spiro atoms. The molecule has 0 fully saturated rings. The Morgan fingerprint density at radius 1 is 1.44 bits per heavy atom. The van der Waals surface area contributed by atoms with E-state index in [1.165, 1.54) is 6.07 Å². The van der Waals surface area contributed by atoms with Crippen LogP contribution in [0.5, 0.6) is 0 Å². The molecule has 1 atom stereocenters. The van der Waals surface area contributed by atoms with Gasteiger partial charge in [0.05, 0.1) is 5.56 Å². The quantitative estimate of drug-likeness (QED) is 0.325. The monoisotopic (exact) mass is 253 g/mol. The predicted octanol–water partition coefficient (Wildman–Crippen LogP) is 2.05. The molecule has 5 heteroatoms. The highest BCUT2D eigenvalue weighted by atomic mass is 19.1. The Bertz CT molecular complexity index is 432. The minimum atomic E-state index is -0.448. The fourth-order valence-electron chi connectivity index (χ4n) is 1.47. The first-order valence-corrected chi connectivity index (χ1v) is 5.96. The maximum atomic E-state index is 14.0. The number of rotatable bonds is 5. The van der Waals surface area contributed by atoms with Crippen molar-refractivity contribution in [1.82, 2.24) is 5.32 Å². The van der Waals surface area contributed by atoms with Crippen molar-refractivity contribution >= 4 is 5.84 Å². The van der Waals surface area contributed by atoms with Crippen molar-refractivity contribution in [3.63, 3.8) is 0 Å². The van der Waals surface area contributed by atoms with E-state index in [0.717, 1.165) is 0 Å². The van der Waals surface area contributed by atoms with Crippen LogP contribution in [-0.2, 0) is 6.54 Å². The van der Waals surface area contributed by atoms with Gasteiger partial charge in [-0.3, -0.25) is 0 Å². The van der Waals surface area contributed by atoms with Crippen LogP contribution in [0.4, 0.5) is 4.39 Å². The Morgan fingerprint density at radius 2 is 2.11 bits per heavy atom. The molecule has 1 aromatic carbocycles. The molecular formula is C13H20FN3O. The van der Waals surface area contributed by atoms with E-state index in [9.17, 15) is 4.39 Å². The molecule has 1 aromatic rings. The molecule has 4 nitrogen and oxygen atoms in total. The second-order valence-electron chi connectivity index (χ2n) is 4.68. The van der Waals surface area contributed by atoms with Gasteiger partial charge in [-0.1, -0.05) is 31.1 Å². The number of hydrogen-bond donors (Lipinski definition) is 3. The molecule has 0 aliphatic carbocycles. The summed E-state index contributed by atoms with van der Waals surface area (Å²) in [6.07, 6.45) is 0. The summed E-state index contributed by atoms with van der Waals surface area (Å²) in [5.74, 6) is -0.192. The van der Waals surface area contributed by atoms with E-state index in [1.807, 2.05) is 0 Å². The molecule has 0 radical (unpaired) electrons. The zero-order valence-corrected chi connectivity index (χ0v) is 10.9. The van der Waals surface area contributed by atoms with Gasteiger partial charge in [-0.25, -0.2) is 4.39 Å². The van der Waals surface area contributed by atoms with Crippen LogP contribution < -0.4 is 11.1 Å². The molecule has 18 heavy (non-hydrogen) atoms. The summed E-state index contributed by atoms with van der Waals surface area (Å²) in [5.41, 5.74) is 6.03. The van der Waals surface area contributed by atoms with Crippen molar-refractivity contribution in [1.29, 1.82) is 0 Å². The summed E-state index contributed by atoms with van der Waals surface area (Å²) in [6.45, 7) is 6.66. The molecule has 4 N–H and O–H groups in total. The first-order chi connectivity index (χ1) is 8.47. The van der Waals surface area contributed by atoms with E-state index in [2.05, 4.69) is 31.2 Å². The molecule has 0 aliphatic heterocycles. The van der Waals surface area contributed by atoms with E-state index in [1.54, 1.807) is 12.1 Å². The topological polar surface area (TPSA) is 70.6 Å². The standard InChI is InChI=1S/C13H20FN3O/c1-8(2)9(3)16-7-10-5-4-6-11(12(10)14)13(15)17-18/h4-6,8-9,16,18H,7H2,1-3H3,(H2,15,17). The number of amidine groups is 1. The zero-order valence-electron chi connectivity index (χ0n) is 10.9. The molecule has 0 bridgehead atoms. The predicted molar refractivity (Wildman–Crippen MR) is 70.1 cm³/mol. The summed E-state index contributed by atoms with van der Waals surface area (Å²) < 4.78 is 14.0. The van der Waals surface area contributed by atoms with Gasteiger partial charge in [-0.15, -0.1) is 0 Å². The van der Waals surface area contributed by atoms with E-state index < -0.39 is 5.82 Å². The van der Waals surface area contributed by atoms with Crippen LogP contribution in [0.2, 0.25) is 0 Å². The molecule has 1 rings (SSSR count). The van der Waals surface area contributed by atoms with E-state index in [4.69, 9.17) is 10.9 Å². The summed E-state index contributed by atoms with van der Waals surface area (Å²) in [6, 6.07) is 5.15. The van der Waals surface area contributed by atoms with Crippen LogP contribution in [0.3, 0.4) is 0 Å². The van der Waals surface area contributed by atoms with Crippen molar-refractivity contribution in [2.75, 3.05) is 0 Å². The Labute approximate surface area is 107 Å². The fourth-order valence-corrected chi connectivity index (χ4v) is 1.47. The Hall–Kier alpha value is -1.62. The maximum Gasteiger partial charge on any atom is 0.173 e. The van der Waals surface area contributed by atoms with Crippen molar-refractivity contribution in [2.24, 2.45) is 16.8 Å². The Balaban J connectivity index is 2.85. The molecule has 0 saturated carbocycles. The Kier molecular flexibility index (Phi) is 5.09. The highest BCUT2D eigenvalue weighted by Crippen LogP contribution is 2.13. The third kappa shape index (κ3) is 3.43. The van der Waals surface area contributed by atoms with Crippen LogP contribution in [0, 0.1) is 11.7 Å². The minimum Gasteiger partial charge on any atom is -0.409 e. The van der Waals surface area contributed by atoms with Crippen LogP contribution in [0.1, 0.15) is 31.9 Å². The normalized spacial score (nSPS) is 13.9. The molecule has 100 valence electrons. The third-order valence-corrected chi connectivity index (χ3v) is 3.08. The van der Waals surface area contributed by atoms with Crippen LogP contribution >= 0.6 is 0 Å². The van der Waals surface area contributed by atoms with Crippen molar-refractivity contribution in [2.45, 2.75) is 33.4 Å². The zero-order chi connectivity index (χ0) is 13.7. The molecule has 0 aromatic heterocycles. The van der Waals surface area contributed by atoms with Gasteiger partial charge < -0.3 is 16.3 Å². The SMILES string of the molecule is CC(C)C(C)NCc1cccc(/C(N)=N/O)c1F. The van der Waals surface area contributed by atoms with Gasteiger partial charge >= 0.3 is 0 Å². The maximum absolute atomic E-state index is 14.0. The first-order valence-electron chi connectivity index (χ1n) is 5.96. The highest BCUT2D eigenvalue weighted by molar-refractivity contribution is 5.97. The lowest BCUT2D eigenvalue weighted by atomic mass is 10.0. The second kappa shape index (κ2) is 6.35. The first kappa shape index (κ1) is 14.4. The van der Waals surface area contributed by atoms with E-state index >= 15 is 0 Å². The molecular weight excluding hydrogens is 233 g/mol. The summed E-state index contributed by atoms with van der Waals surface area (Å²) >= 11 is 0. The lowest BCUT2D eigenvalue weighted by molar-refractivity contribution is 0.318. The highest BCUT2D eigenvalue weighted by Gasteiger charge is 2.13. The average Bonchev–Trinajstić information content (AvgIpc) is 2.36. The van der Waals surface area contributed by atoms with E-state index in [-0.39, 0.29) is 17.4 Å². The number of nitrogens with zero attached hydrogens (tertiary/aromatic N) is 1. The number of halogens is 1. The second-order valence-corrected chi connectivity index (χ2v) is 4.68. The number of hydrogen-bond acceptors (Lipinski definition) is 3. The van der Waals surface area contributed by atoms with E-state index in [0.29, 0.717) is 18.0 Å². The van der Waals surface area contributed by atoms with Gasteiger partial charge in [0, 0.05) is 18.2 Å². The van der Waals surface area contributed by atoms with Gasteiger partial charge in [0.25, 0.3) is 0 Å². The van der Waals surface area contributed by atoms with Crippen LogP contribution in [0.15, 0.2) is 23.4 Å². The molecule has 0 aliphatic rings. The number of nitrogens with two attached hydrogens (primary N) is 1. The molecule has 0 amide bonds. The lowest BCUT2D eigenvalue weighted by Gasteiger charge is -2.18. The molecule has 1 unspecified atom stereocenters. The van der Waals surface area contributed by atoms with Gasteiger partial charge in [0.2, 0.25) is 0 Å². The smallest absolute Gasteiger partial charge is 0.173 e. The summed E-state index contributed by atoms with van der Waals surface area (Å²) in [5, 5.41) is 14.6. The summed E-state index contributed by atoms with van der Waals surface area (Å²) in [4.78, 5) is 0. The molecule has 0 heterocycles. The molecule has 0 saturated heterocycles. The number of nitrogens with one attached hydrogen (secondary N) is 1. The van der Waals surface area contributed by atoms with Crippen LogP contribution in [0.25, 0.3) is 0 Å². The Morgan fingerprint density at radius 3 is 2.67 bits per heavy atom. The van der Waals surface area contributed by atoms with Gasteiger partial charge in [0.1, 0.15) is 5.82 Å². The van der Waals surface area contributed by atoms with Crippen molar-refractivity contribution < 1.29 is 9.60 Å². The average molecular weight is 253 g/mol. The minimum absolute atomic E-state index is 0.119. The summed E-state index contributed by atoms with van der Waals surface area (Å²) in [7, 11) is 0. The third-order valence-electron chi connectivity index (χ3n) is 3.08. The van der Waals surface area contributed by atoms with Gasteiger partial charge in [-0.05, 0) is 18.9 Å².